The largest absolute Gasteiger partial charge is 0.497 e. The number of thiazole rings is 1. The highest BCUT2D eigenvalue weighted by Crippen LogP contribution is 2.45. The number of aromatic nitrogens is 4. The zero-order chi connectivity index (χ0) is 21.5. The molecule has 32 heavy (non-hydrogen) atoms. The quantitative estimate of drug-likeness (QED) is 0.427. The molecule has 0 spiro atoms. The van der Waals surface area contributed by atoms with Gasteiger partial charge in [-0.15, -0.1) is 0 Å². The Morgan fingerprint density at radius 3 is 2.62 bits per heavy atom. The van der Waals surface area contributed by atoms with Gasteiger partial charge in [-0.05, 0) is 62.3 Å². The summed E-state index contributed by atoms with van der Waals surface area (Å²) in [5.41, 5.74) is 0.920. The van der Waals surface area contributed by atoms with E-state index < -0.39 is 0 Å². The average molecular weight is 453 g/mol. The van der Waals surface area contributed by atoms with Crippen molar-refractivity contribution in [3.05, 3.63) is 18.2 Å². The highest BCUT2D eigenvalue weighted by Gasteiger charge is 2.39. The molecule has 1 aromatic carbocycles. The van der Waals surface area contributed by atoms with Crippen LogP contribution in [0.15, 0.2) is 18.2 Å². The molecule has 0 radical (unpaired) electrons. The summed E-state index contributed by atoms with van der Waals surface area (Å²) in [6.07, 6.45) is 6.29. The Bertz CT molecular complexity index is 1110. The van der Waals surface area contributed by atoms with E-state index in [2.05, 4.69) is 31.2 Å². The second-order valence-electron chi connectivity index (χ2n) is 9.04. The molecule has 3 heterocycles. The predicted molar refractivity (Wildman–Crippen MR) is 127 cm³/mol. The standard InChI is InChI=1S/C22H28N8OS/c1-31-15-4-5-16-18(10-15)32-22(26-16)30-21-28-19(24-14-6-7-23-11-14)27-20(29-21)25-17-9-12-2-3-13(17)8-12/h4-5,10,12-14,17,23H,2-3,6-9,11H2,1H3,(H3,24,25,26,27,28,29,30). The highest BCUT2D eigenvalue weighted by atomic mass is 32.1. The van der Waals surface area contributed by atoms with Crippen molar-refractivity contribution in [2.24, 2.45) is 11.8 Å². The predicted octanol–water partition coefficient (Wildman–Crippen LogP) is 3.61. The summed E-state index contributed by atoms with van der Waals surface area (Å²) in [5, 5.41) is 14.5. The number of nitrogens with one attached hydrogen (secondary N) is 4. The third kappa shape index (κ3) is 4.04. The molecule has 0 amide bonds. The van der Waals surface area contributed by atoms with Crippen LogP contribution in [0, 0.1) is 11.8 Å². The molecule has 3 aliphatic rings. The van der Waals surface area contributed by atoms with E-state index in [1.165, 1.54) is 25.7 Å². The topological polar surface area (TPSA) is 109 Å². The lowest BCUT2D eigenvalue weighted by Crippen LogP contribution is -2.28. The fourth-order valence-corrected chi connectivity index (χ4v) is 6.18. The van der Waals surface area contributed by atoms with Crippen molar-refractivity contribution < 1.29 is 4.74 Å². The molecule has 2 aromatic heterocycles. The van der Waals surface area contributed by atoms with Crippen molar-refractivity contribution in [1.29, 1.82) is 0 Å². The van der Waals surface area contributed by atoms with Crippen molar-refractivity contribution in [2.45, 2.75) is 44.2 Å². The van der Waals surface area contributed by atoms with Gasteiger partial charge < -0.3 is 20.7 Å². The Labute approximate surface area is 190 Å². The van der Waals surface area contributed by atoms with E-state index in [-0.39, 0.29) is 0 Å². The fraction of sp³-hybridized carbons (Fsp3) is 0.545. The van der Waals surface area contributed by atoms with Gasteiger partial charge in [0.15, 0.2) is 5.13 Å². The van der Waals surface area contributed by atoms with Crippen molar-refractivity contribution in [1.82, 2.24) is 25.3 Å². The van der Waals surface area contributed by atoms with E-state index in [0.717, 1.165) is 52.4 Å². The van der Waals surface area contributed by atoms with E-state index in [9.17, 15) is 0 Å². The summed E-state index contributed by atoms with van der Waals surface area (Å²) in [7, 11) is 1.67. The van der Waals surface area contributed by atoms with E-state index in [1.807, 2.05) is 18.2 Å². The van der Waals surface area contributed by atoms with E-state index in [4.69, 9.17) is 14.7 Å². The Morgan fingerprint density at radius 2 is 1.88 bits per heavy atom. The second-order valence-corrected chi connectivity index (χ2v) is 10.1. The van der Waals surface area contributed by atoms with Crippen LogP contribution in [0.1, 0.15) is 32.1 Å². The molecule has 1 aliphatic heterocycles. The Kier molecular flexibility index (Phi) is 5.18. The first-order valence-electron chi connectivity index (χ1n) is 11.4. The maximum atomic E-state index is 5.33. The molecule has 4 unspecified atom stereocenters. The van der Waals surface area contributed by atoms with Crippen LogP contribution in [0.5, 0.6) is 5.75 Å². The molecule has 3 fully saturated rings. The average Bonchev–Trinajstić information content (AvgIpc) is 3.58. The van der Waals surface area contributed by atoms with Gasteiger partial charge >= 0.3 is 0 Å². The van der Waals surface area contributed by atoms with Gasteiger partial charge in [-0.25, -0.2) is 4.98 Å². The minimum atomic E-state index is 0.329. The third-order valence-corrected chi connectivity index (χ3v) is 7.83. The number of benzene rings is 1. The molecular weight excluding hydrogens is 424 g/mol. The van der Waals surface area contributed by atoms with Gasteiger partial charge in [0, 0.05) is 18.6 Å². The van der Waals surface area contributed by atoms with Crippen molar-refractivity contribution in [2.75, 3.05) is 36.1 Å². The van der Waals surface area contributed by atoms with Crippen molar-refractivity contribution in [3.8, 4) is 5.75 Å². The van der Waals surface area contributed by atoms with E-state index >= 15 is 0 Å². The van der Waals surface area contributed by atoms with Crippen LogP contribution in [0.3, 0.4) is 0 Å². The normalized spacial score (nSPS) is 26.5. The minimum absolute atomic E-state index is 0.329. The number of hydrogen-bond donors (Lipinski definition) is 4. The number of ether oxygens (including phenoxy) is 1. The van der Waals surface area contributed by atoms with Gasteiger partial charge in [-0.2, -0.15) is 15.0 Å². The second kappa shape index (κ2) is 8.32. The lowest BCUT2D eigenvalue weighted by Gasteiger charge is -2.23. The first-order chi connectivity index (χ1) is 15.7. The van der Waals surface area contributed by atoms with Gasteiger partial charge in [-0.1, -0.05) is 17.8 Å². The molecule has 2 bridgehead atoms. The van der Waals surface area contributed by atoms with Crippen molar-refractivity contribution in [3.63, 3.8) is 0 Å². The number of rotatable bonds is 7. The molecule has 10 heteroatoms. The lowest BCUT2D eigenvalue weighted by molar-refractivity contribution is 0.415. The highest BCUT2D eigenvalue weighted by molar-refractivity contribution is 7.22. The SMILES string of the molecule is COc1ccc2nc(Nc3nc(NC4CCNC4)nc(NC4CC5CCC4C5)n3)sc2c1. The summed E-state index contributed by atoms with van der Waals surface area (Å²) in [6.45, 7) is 1.93. The molecule has 6 rings (SSSR count). The maximum absolute atomic E-state index is 5.33. The monoisotopic (exact) mass is 452 g/mol. The van der Waals surface area contributed by atoms with Crippen LogP contribution in [-0.4, -0.2) is 52.2 Å². The van der Waals surface area contributed by atoms with Gasteiger partial charge in [-0.3, -0.25) is 5.32 Å². The van der Waals surface area contributed by atoms with Gasteiger partial charge in [0.25, 0.3) is 0 Å². The first kappa shape index (κ1) is 19.9. The van der Waals surface area contributed by atoms with Gasteiger partial charge in [0.05, 0.1) is 17.3 Å². The van der Waals surface area contributed by atoms with Crippen LogP contribution >= 0.6 is 11.3 Å². The zero-order valence-corrected chi connectivity index (χ0v) is 18.9. The Balaban J connectivity index is 1.26. The molecular formula is C22H28N8OS. The molecule has 2 saturated carbocycles. The third-order valence-electron chi connectivity index (χ3n) is 6.90. The summed E-state index contributed by atoms with van der Waals surface area (Å²) in [4.78, 5) is 18.7. The molecule has 3 aromatic rings. The summed E-state index contributed by atoms with van der Waals surface area (Å²) in [6, 6.07) is 6.67. The Morgan fingerprint density at radius 1 is 1.00 bits per heavy atom. The molecule has 2 aliphatic carbocycles. The molecule has 4 atom stereocenters. The van der Waals surface area contributed by atoms with Crippen LogP contribution in [0.2, 0.25) is 0 Å². The number of hydrogen-bond acceptors (Lipinski definition) is 10. The smallest absolute Gasteiger partial charge is 0.235 e. The zero-order valence-electron chi connectivity index (χ0n) is 18.1. The first-order valence-corrected chi connectivity index (χ1v) is 12.2. The van der Waals surface area contributed by atoms with E-state index in [0.29, 0.717) is 29.9 Å². The van der Waals surface area contributed by atoms with Gasteiger partial charge in [0.2, 0.25) is 17.8 Å². The van der Waals surface area contributed by atoms with Crippen LogP contribution in [-0.2, 0) is 0 Å². The Hall–Kier alpha value is -2.72. The van der Waals surface area contributed by atoms with E-state index in [1.54, 1.807) is 18.4 Å². The molecule has 168 valence electrons. The number of methoxy groups -OCH3 is 1. The number of fused-ring (bicyclic) bond motifs is 3. The molecule has 9 nitrogen and oxygen atoms in total. The summed E-state index contributed by atoms with van der Waals surface area (Å²) < 4.78 is 6.39. The van der Waals surface area contributed by atoms with Crippen LogP contribution in [0.25, 0.3) is 10.2 Å². The molecule has 1 saturated heterocycles. The van der Waals surface area contributed by atoms with Crippen LogP contribution < -0.4 is 26.0 Å². The maximum Gasteiger partial charge on any atom is 0.235 e. The fourth-order valence-electron chi connectivity index (χ4n) is 5.29. The van der Waals surface area contributed by atoms with Crippen molar-refractivity contribution >= 4 is 44.5 Å². The number of nitrogens with zero attached hydrogens (tertiary/aromatic N) is 4. The van der Waals surface area contributed by atoms with Gasteiger partial charge in [0.1, 0.15) is 5.75 Å². The molecule has 4 N–H and O–H groups in total. The lowest BCUT2D eigenvalue weighted by atomic mass is 9.95. The summed E-state index contributed by atoms with van der Waals surface area (Å²) in [5.74, 6) is 4.16. The minimum Gasteiger partial charge on any atom is -0.497 e. The van der Waals surface area contributed by atoms with Crippen LogP contribution in [0.4, 0.5) is 23.0 Å². The summed E-state index contributed by atoms with van der Waals surface area (Å²) >= 11 is 1.56. The number of anilines is 4.